The van der Waals surface area contributed by atoms with Crippen LogP contribution in [0.1, 0.15) is 40.5 Å². The largest absolute Gasteiger partial charge is 0.504 e. The Kier molecular flexibility index (Phi) is 3.45. The van der Waals surface area contributed by atoms with E-state index in [0.29, 0.717) is 18.8 Å². The van der Waals surface area contributed by atoms with Gasteiger partial charge in [-0.3, -0.25) is 0 Å². The fourth-order valence-electron chi connectivity index (χ4n) is 1.78. The standard InChI is InChI=1S/C12H20O3/c1-5-6-15-11-10(13)9(3)8(2)7-12(11,4)14/h13-14H,5-7H2,1-4H3. The van der Waals surface area contributed by atoms with E-state index >= 15 is 0 Å². The van der Waals surface area contributed by atoms with E-state index in [9.17, 15) is 10.2 Å². The number of allylic oxidation sites excluding steroid dienone is 1. The number of hydrogen-bond donors (Lipinski definition) is 2. The third kappa shape index (κ3) is 2.34. The molecule has 1 unspecified atom stereocenters. The number of aliphatic hydroxyl groups excluding tert-OH is 1. The van der Waals surface area contributed by atoms with Crippen LogP contribution in [0, 0.1) is 0 Å². The summed E-state index contributed by atoms with van der Waals surface area (Å²) in [7, 11) is 0. The summed E-state index contributed by atoms with van der Waals surface area (Å²) in [5.41, 5.74) is 0.733. The molecule has 0 aliphatic heterocycles. The summed E-state index contributed by atoms with van der Waals surface area (Å²) >= 11 is 0. The van der Waals surface area contributed by atoms with Crippen molar-refractivity contribution in [3.8, 4) is 0 Å². The second-order valence-corrected chi connectivity index (χ2v) is 4.38. The molecular formula is C12H20O3. The van der Waals surface area contributed by atoms with Gasteiger partial charge in [0.2, 0.25) is 0 Å². The number of aliphatic hydroxyl groups is 2. The predicted octanol–water partition coefficient (Wildman–Crippen LogP) is 2.67. The fourth-order valence-corrected chi connectivity index (χ4v) is 1.78. The molecular weight excluding hydrogens is 192 g/mol. The van der Waals surface area contributed by atoms with Gasteiger partial charge in [-0.1, -0.05) is 12.5 Å². The minimum absolute atomic E-state index is 0.0946. The van der Waals surface area contributed by atoms with Crippen LogP contribution in [0.25, 0.3) is 0 Å². The summed E-state index contributed by atoms with van der Waals surface area (Å²) < 4.78 is 5.42. The van der Waals surface area contributed by atoms with E-state index in [-0.39, 0.29) is 5.76 Å². The van der Waals surface area contributed by atoms with Crippen LogP contribution in [0.15, 0.2) is 22.7 Å². The lowest BCUT2D eigenvalue weighted by Gasteiger charge is -2.32. The summed E-state index contributed by atoms with van der Waals surface area (Å²) in [6, 6.07) is 0. The number of hydrogen-bond acceptors (Lipinski definition) is 3. The monoisotopic (exact) mass is 212 g/mol. The Morgan fingerprint density at radius 2 is 2.00 bits per heavy atom. The maximum Gasteiger partial charge on any atom is 0.169 e. The second-order valence-electron chi connectivity index (χ2n) is 4.38. The Labute approximate surface area is 91.1 Å². The van der Waals surface area contributed by atoms with Gasteiger partial charge in [-0.15, -0.1) is 0 Å². The normalized spacial score (nSPS) is 27.3. The third-order valence-electron chi connectivity index (χ3n) is 2.76. The Morgan fingerprint density at radius 3 is 2.53 bits per heavy atom. The number of ether oxygens (including phenoxy) is 1. The molecule has 0 aromatic rings. The first-order valence-corrected chi connectivity index (χ1v) is 5.35. The highest BCUT2D eigenvalue weighted by atomic mass is 16.5. The van der Waals surface area contributed by atoms with Crippen molar-refractivity contribution in [1.82, 2.24) is 0 Å². The first kappa shape index (κ1) is 12.1. The van der Waals surface area contributed by atoms with Crippen molar-refractivity contribution in [1.29, 1.82) is 0 Å². The summed E-state index contributed by atoms with van der Waals surface area (Å²) in [4.78, 5) is 0. The van der Waals surface area contributed by atoms with E-state index < -0.39 is 5.60 Å². The van der Waals surface area contributed by atoms with E-state index in [2.05, 4.69) is 0 Å². The van der Waals surface area contributed by atoms with Crippen LogP contribution in [-0.4, -0.2) is 22.4 Å². The zero-order valence-electron chi connectivity index (χ0n) is 9.92. The molecule has 0 aromatic carbocycles. The van der Waals surface area contributed by atoms with Crippen molar-refractivity contribution in [2.75, 3.05) is 6.61 Å². The SMILES string of the molecule is CCCOC1=C(O)C(C)=C(C)CC1(C)O. The first-order valence-electron chi connectivity index (χ1n) is 5.35. The van der Waals surface area contributed by atoms with Gasteiger partial charge in [-0.25, -0.2) is 0 Å². The molecule has 15 heavy (non-hydrogen) atoms. The lowest BCUT2D eigenvalue weighted by Crippen LogP contribution is -2.33. The van der Waals surface area contributed by atoms with Crippen molar-refractivity contribution in [2.24, 2.45) is 0 Å². The summed E-state index contributed by atoms with van der Waals surface area (Å²) in [6.07, 6.45) is 1.37. The second kappa shape index (κ2) is 4.27. The highest BCUT2D eigenvalue weighted by Crippen LogP contribution is 2.36. The molecule has 3 heteroatoms. The Balaban J connectivity index is 3.04. The molecule has 1 atom stereocenters. The Bertz CT molecular complexity index is 311. The quantitative estimate of drug-likeness (QED) is 0.756. The van der Waals surface area contributed by atoms with Gasteiger partial charge in [0.1, 0.15) is 5.60 Å². The van der Waals surface area contributed by atoms with Crippen LogP contribution in [-0.2, 0) is 4.74 Å². The van der Waals surface area contributed by atoms with Crippen LogP contribution in [0.2, 0.25) is 0 Å². The smallest absolute Gasteiger partial charge is 0.169 e. The average Bonchev–Trinajstić information content (AvgIpc) is 2.14. The highest BCUT2D eigenvalue weighted by Gasteiger charge is 2.36. The van der Waals surface area contributed by atoms with Gasteiger partial charge in [0, 0.05) is 6.42 Å². The molecule has 1 aliphatic rings. The minimum atomic E-state index is -1.08. The zero-order valence-corrected chi connectivity index (χ0v) is 9.92. The third-order valence-corrected chi connectivity index (χ3v) is 2.76. The molecule has 1 aliphatic carbocycles. The average molecular weight is 212 g/mol. The van der Waals surface area contributed by atoms with Gasteiger partial charge >= 0.3 is 0 Å². The first-order chi connectivity index (χ1) is 6.90. The Morgan fingerprint density at radius 1 is 1.40 bits per heavy atom. The molecule has 1 rings (SSSR count). The molecule has 2 N–H and O–H groups in total. The van der Waals surface area contributed by atoms with E-state index in [1.807, 2.05) is 20.8 Å². The van der Waals surface area contributed by atoms with Crippen molar-refractivity contribution in [3.63, 3.8) is 0 Å². The fraction of sp³-hybridized carbons (Fsp3) is 0.667. The van der Waals surface area contributed by atoms with Crippen LogP contribution >= 0.6 is 0 Å². The summed E-state index contributed by atoms with van der Waals surface area (Å²) in [6.45, 7) is 7.93. The molecule has 0 bridgehead atoms. The van der Waals surface area contributed by atoms with Crippen LogP contribution in [0.5, 0.6) is 0 Å². The molecule has 0 radical (unpaired) electrons. The maximum atomic E-state index is 10.1. The molecule has 0 amide bonds. The van der Waals surface area contributed by atoms with Gasteiger partial charge in [0.15, 0.2) is 11.5 Å². The van der Waals surface area contributed by atoms with Gasteiger partial charge in [-0.2, -0.15) is 0 Å². The van der Waals surface area contributed by atoms with Gasteiger partial charge in [-0.05, 0) is 32.8 Å². The van der Waals surface area contributed by atoms with Crippen LogP contribution in [0.4, 0.5) is 0 Å². The topological polar surface area (TPSA) is 49.7 Å². The molecule has 3 nitrogen and oxygen atoms in total. The molecule has 0 aromatic heterocycles. The maximum absolute atomic E-state index is 10.1. The summed E-state index contributed by atoms with van der Waals surface area (Å²) in [5.74, 6) is 0.407. The lowest BCUT2D eigenvalue weighted by molar-refractivity contribution is 0.0131. The van der Waals surface area contributed by atoms with Crippen molar-refractivity contribution in [2.45, 2.75) is 46.1 Å². The Hall–Kier alpha value is -0.960. The molecule has 86 valence electrons. The van der Waals surface area contributed by atoms with E-state index in [0.717, 1.165) is 17.6 Å². The molecule has 0 spiro atoms. The molecule has 0 heterocycles. The minimum Gasteiger partial charge on any atom is -0.504 e. The van der Waals surface area contributed by atoms with Crippen molar-refractivity contribution < 1.29 is 14.9 Å². The van der Waals surface area contributed by atoms with Crippen LogP contribution < -0.4 is 0 Å². The van der Waals surface area contributed by atoms with Gasteiger partial charge in [0.05, 0.1) is 6.61 Å². The van der Waals surface area contributed by atoms with E-state index in [1.165, 1.54) is 0 Å². The summed E-state index contributed by atoms with van der Waals surface area (Å²) in [5, 5.41) is 20.0. The molecule has 0 saturated heterocycles. The highest BCUT2D eigenvalue weighted by molar-refractivity contribution is 5.38. The predicted molar refractivity (Wildman–Crippen MR) is 59.5 cm³/mol. The van der Waals surface area contributed by atoms with E-state index in [4.69, 9.17) is 4.74 Å². The van der Waals surface area contributed by atoms with Crippen molar-refractivity contribution >= 4 is 0 Å². The van der Waals surface area contributed by atoms with Gasteiger partial charge in [0.25, 0.3) is 0 Å². The van der Waals surface area contributed by atoms with Crippen molar-refractivity contribution in [3.05, 3.63) is 22.7 Å². The molecule has 0 saturated carbocycles. The molecule has 0 fully saturated rings. The van der Waals surface area contributed by atoms with E-state index in [1.54, 1.807) is 6.92 Å². The zero-order chi connectivity index (χ0) is 11.6. The number of rotatable bonds is 3. The van der Waals surface area contributed by atoms with Crippen LogP contribution in [0.3, 0.4) is 0 Å². The lowest BCUT2D eigenvalue weighted by atomic mass is 9.86. The van der Waals surface area contributed by atoms with Gasteiger partial charge < -0.3 is 14.9 Å².